The maximum absolute atomic E-state index is 12.6. The zero-order chi connectivity index (χ0) is 18.0. The molecule has 0 saturated heterocycles. The number of benzene rings is 1. The summed E-state index contributed by atoms with van der Waals surface area (Å²) in [6.07, 6.45) is 5.55. The summed E-state index contributed by atoms with van der Waals surface area (Å²) in [5, 5.41) is 13.7. The lowest BCUT2D eigenvalue weighted by atomic mass is 9.67. The molecule has 0 aliphatic heterocycles. The Balaban J connectivity index is 1.58. The normalized spacial score (nSPS) is 29.7. The fraction of sp³-hybridized carbons (Fsp3) is 0.611. The van der Waals surface area contributed by atoms with Crippen LogP contribution in [0.25, 0.3) is 0 Å². The van der Waals surface area contributed by atoms with Crippen LogP contribution in [0.2, 0.25) is 0 Å². The molecular formula is C18H25N3O3S. The number of carbonyl (C=O) groups is 1. The SMILES string of the molecule is CC(Sc1ccc([N+](=O)[O-])cc1)C(=O)NC1C2CCCC1CC(N)C2. The van der Waals surface area contributed by atoms with Crippen LogP contribution in [0.1, 0.15) is 39.0 Å². The van der Waals surface area contributed by atoms with Crippen LogP contribution < -0.4 is 11.1 Å². The zero-order valence-electron chi connectivity index (χ0n) is 14.4. The molecule has 2 aliphatic carbocycles. The third-order valence-corrected chi connectivity index (χ3v) is 6.53. The summed E-state index contributed by atoms with van der Waals surface area (Å²) in [6, 6.07) is 6.86. The van der Waals surface area contributed by atoms with Crippen molar-refractivity contribution in [2.24, 2.45) is 17.6 Å². The van der Waals surface area contributed by atoms with Gasteiger partial charge in [0.05, 0.1) is 10.2 Å². The number of nitro groups is 1. The fourth-order valence-corrected chi connectivity index (χ4v) is 5.09. The number of nitrogens with two attached hydrogens (primary N) is 1. The van der Waals surface area contributed by atoms with E-state index in [-0.39, 0.29) is 28.9 Å². The third-order valence-electron chi connectivity index (χ3n) is 5.42. The van der Waals surface area contributed by atoms with Crippen molar-refractivity contribution in [2.75, 3.05) is 0 Å². The molecule has 0 heterocycles. The van der Waals surface area contributed by atoms with Crippen molar-refractivity contribution < 1.29 is 9.72 Å². The summed E-state index contributed by atoms with van der Waals surface area (Å²) in [5.74, 6) is 1.05. The second-order valence-electron chi connectivity index (χ2n) is 7.23. The van der Waals surface area contributed by atoms with E-state index in [1.807, 2.05) is 6.92 Å². The van der Waals surface area contributed by atoms with Crippen LogP contribution in [-0.2, 0) is 4.79 Å². The maximum atomic E-state index is 12.6. The van der Waals surface area contributed by atoms with Gasteiger partial charge in [0.1, 0.15) is 0 Å². The highest BCUT2D eigenvalue weighted by molar-refractivity contribution is 8.00. The molecule has 25 heavy (non-hydrogen) atoms. The van der Waals surface area contributed by atoms with Gasteiger partial charge >= 0.3 is 0 Å². The number of amides is 1. The molecule has 1 aromatic rings. The van der Waals surface area contributed by atoms with E-state index in [0.29, 0.717) is 11.8 Å². The zero-order valence-corrected chi connectivity index (χ0v) is 15.2. The minimum absolute atomic E-state index is 0.0423. The number of nitrogens with zero attached hydrogens (tertiary/aromatic N) is 1. The van der Waals surface area contributed by atoms with E-state index >= 15 is 0 Å². The minimum atomic E-state index is -0.420. The van der Waals surface area contributed by atoms with Gasteiger partial charge < -0.3 is 11.1 Å². The Hall–Kier alpha value is -1.60. The van der Waals surface area contributed by atoms with Gasteiger partial charge in [-0.2, -0.15) is 0 Å². The maximum Gasteiger partial charge on any atom is 0.269 e. The fourth-order valence-electron chi connectivity index (χ4n) is 4.21. The van der Waals surface area contributed by atoms with Crippen LogP contribution in [0.4, 0.5) is 5.69 Å². The Labute approximate surface area is 152 Å². The number of fused-ring (bicyclic) bond motifs is 2. The predicted molar refractivity (Wildman–Crippen MR) is 98.4 cm³/mol. The molecule has 0 radical (unpaired) electrons. The highest BCUT2D eigenvalue weighted by Gasteiger charge is 2.40. The summed E-state index contributed by atoms with van der Waals surface area (Å²) in [5.41, 5.74) is 6.21. The second kappa shape index (κ2) is 7.74. The van der Waals surface area contributed by atoms with Gasteiger partial charge in [-0.15, -0.1) is 11.8 Å². The number of carbonyl (C=O) groups excluding carboxylic acids is 1. The first-order valence-electron chi connectivity index (χ1n) is 8.91. The Bertz CT molecular complexity index is 623. The Kier molecular flexibility index (Phi) is 5.64. The Morgan fingerprint density at radius 3 is 2.44 bits per heavy atom. The summed E-state index contributed by atoms with van der Waals surface area (Å²) >= 11 is 1.43. The average molecular weight is 363 g/mol. The van der Waals surface area contributed by atoms with Crippen molar-refractivity contribution in [3.05, 3.63) is 34.4 Å². The van der Waals surface area contributed by atoms with E-state index in [0.717, 1.165) is 30.6 Å². The molecule has 2 saturated carbocycles. The summed E-state index contributed by atoms with van der Waals surface area (Å²) in [6.45, 7) is 1.88. The lowest BCUT2D eigenvalue weighted by Gasteiger charge is -2.45. The first-order chi connectivity index (χ1) is 11.9. The minimum Gasteiger partial charge on any atom is -0.352 e. The smallest absolute Gasteiger partial charge is 0.269 e. The van der Waals surface area contributed by atoms with Crippen LogP contribution in [0.15, 0.2) is 29.2 Å². The monoisotopic (exact) mass is 363 g/mol. The van der Waals surface area contributed by atoms with Crippen LogP contribution in [0, 0.1) is 22.0 Å². The second-order valence-corrected chi connectivity index (χ2v) is 8.64. The van der Waals surface area contributed by atoms with Crippen molar-refractivity contribution in [3.8, 4) is 0 Å². The highest BCUT2D eigenvalue weighted by Crippen LogP contribution is 2.40. The molecule has 3 unspecified atom stereocenters. The van der Waals surface area contributed by atoms with Gasteiger partial charge in [0.15, 0.2) is 0 Å². The van der Waals surface area contributed by atoms with Crippen LogP contribution in [-0.4, -0.2) is 28.2 Å². The van der Waals surface area contributed by atoms with Gasteiger partial charge in [-0.1, -0.05) is 6.42 Å². The van der Waals surface area contributed by atoms with E-state index in [4.69, 9.17) is 5.73 Å². The van der Waals surface area contributed by atoms with Crippen LogP contribution in [0.3, 0.4) is 0 Å². The van der Waals surface area contributed by atoms with E-state index in [9.17, 15) is 14.9 Å². The number of thioether (sulfide) groups is 1. The number of non-ortho nitro benzene ring substituents is 1. The van der Waals surface area contributed by atoms with Crippen molar-refractivity contribution in [1.82, 2.24) is 5.32 Å². The molecule has 2 aliphatic rings. The largest absolute Gasteiger partial charge is 0.352 e. The van der Waals surface area contributed by atoms with Gasteiger partial charge in [-0.05, 0) is 56.6 Å². The number of nitrogens with one attached hydrogen (secondary N) is 1. The first kappa shape index (κ1) is 18.2. The third kappa shape index (κ3) is 4.33. The average Bonchev–Trinajstić information content (AvgIpc) is 2.56. The van der Waals surface area contributed by atoms with Crippen molar-refractivity contribution in [3.63, 3.8) is 0 Å². The van der Waals surface area contributed by atoms with E-state index in [1.165, 1.54) is 30.3 Å². The van der Waals surface area contributed by atoms with Gasteiger partial charge in [0.25, 0.3) is 5.69 Å². The van der Waals surface area contributed by atoms with Gasteiger partial charge in [-0.3, -0.25) is 14.9 Å². The van der Waals surface area contributed by atoms with Crippen molar-refractivity contribution in [1.29, 1.82) is 0 Å². The molecule has 3 N–H and O–H groups in total. The number of hydrogen-bond acceptors (Lipinski definition) is 5. The number of nitro benzene ring substituents is 1. The van der Waals surface area contributed by atoms with E-state index in [2.05, 4.69) is 5.32 Å². The Morgan fingerprint density at radius 1 is 1.28 bits per heavy atom. The molecule has 3 atom stereocenters. The quantitative estimate of drug-likeness (QED) is 0.476. The highest BCUT2D eigenvalue weighted by atomic mass is 32.2. The topological polar surface area (TPSA) is 98.3 Å². The summed E-state index contributed by atoms with van der Waals surface area (Å²) in [7, 11) is 0. The van der Waals surface area contributed by atoms with Crippen molar-refractivity contribution >= 4 is 23.4 Å². The predicted octanol–water partition coefficient (Wildman–Crippen LogP) is 3.10. The molecule has 3 rings (SSSR count). The molecule has 136 valence electrons. The molecule has 7 heteroatoms. The van der Waals surface area contributed by atoms with Gasteiger partial charge in [0.2, 0.25) is 5.91 Å². The van der Waals surface area contributed by atoms with Gasteiger partial charge in [-0.25, -0.2) is 0 Å². The molecule has 1 amide bonds. The molecule has 0 aromatic heterocycles. The van der Waals surface area contributed by atoms with E-state index < -0.39 is 4.92 Å². The lowest BCUT2D eigenvalue weighted by molar-refractivity contribution is -0.384. The Morgan fingerprint density at radius 2 is 1.88 bits per heavy atom. The molecule has 6 nitrogen and oxygen atoms in total. The van der Waals surface area contributed by atoms with Crippen LogP contribution >= 0.6 is 11.8 Å². The first-order valence-corrected chi connectivity index (χ1v) is 9.79. The molecule has 1 aromatic carbocycles. The molecule has 0 spiro atoms. The number of rotatable bonds is 5. The van der Waals surface area contributed by atoms with Crippen LogP contribution in [0.5, 0.6) is 0 Å². The molecular weight excluding hydrogens is 338 g/mol. The lowest BCUT2D eigenvalue weighted by Crippen LogP contribution is -2.54. The van der Waals surface area contributed by atoms with E-state index in [1.54, 1.807) is 12.1 Å². The number of hydrogen-bond donors (Lipinski definition) is 2. The summed E-state index contributed by atoms with van der Waals surface area (Å²) in [4.78, 5) is 23.8. The van der Waals surface area contributed by atoms with Gasteiger partial charge in [0, 0.05) is 29.1 Å². The molecule has 2 fully saturated rings. The van der Waals surface area contributed by atoms with Crippen molar-refractivity contribution in [2.45, 2.75) is 61.3 Å². The standard InChI is InChI=1S/C18H25N3O3S/c1-11(25-16-7-5-15(6-8-16)21(23)24)18(22)20-17-12-3-2-4-13(17)10-14(19)9-12/h5-8,11-14,17H,2-4,9-10,19H2,1H3,(H,20,22). The molecule has 2 bridgehead atoms. The summed E-state index contributed by atoms with van der Waals surface area (Å²) < 4.78 is 0.